The van der Waals surface area contributed by atoms with E-state index in [9.17, 15) is 14.4 Å². The second kappa shape index (κ2) is 51.5. The first kappa shape index (κ1) is 59.9. The van der Waals surface area contributed by atoms with Crippen LogP contribution in [-0.2, 0) is 28.6 Å². The van der Waals surface area contributed by atoms with Crippen molar-refractivity contribution in [1.82, 2.24) is 0 Å². The number of allylic oxidation sites excluding steroid dienone is 12. The Hall–Kier alpha value is -3.15. The largest absolute Gasteiger partial charge is 0.462 e. The number of unbranched alkanes of at least 4 members (excludes halogenated alkanes) is 27. The Bertz CT molecular complexity index is 1190. The summed E-state index contributed by atoms with van der Waals surface area (Å²) >= 11 is 0. The lowest BCUT2D eigenvalue weighted by atomic mass is 10.1. The summed E-state index contributed by atoms with van der Waals surface area (Å²) in [6.45, 7) is 6.46. The monoisotopic (exact) mass is 879 g/mol. The molecule has 0 aromatic rings. The Morgan fingerprint density at radius 3 is 1.03 bits per heavy atom. The molecule has 0 fully saturated rings. The minimum atomic E-state index is -0.797. The minimum absolute atomic E-state index is 0.0963. The van der Waals surface area contributed by atoms with Crippen molar-refractivity contribution >= 4 is 17.9 Å². The number of carbonyl (C=O) groups excluding carboxylic acids is 3. The minimum Gasteiger partial charge on any atom is -0.462 e. The maximum Gasteiger partial charge on any atom is 0.306 e. The van der Waals surface area contributed by atoms with Crippen LogP contribution in [0.5, 0.6) is 0 Å². The van der Waals surface area contributed by atoms with Gasteiger partial charge in [-0.2, -0.15) is 0 Å². The number of ether oxygens (including phenoxy) is 3. The molecule has 0 spiro atoms. The molecule has 0 saturated carbocycles. The molecular formula is C57H98O6. The van der Waals surface area contributed by atoms with Crippen LogP contribution in [0.4, 0.5) is 0 Å². The molecule has 0 bridgehead atoms. The quantitative estimate of drug-likeness (QED) is 0.0199. The van der Waals surface area contributed by atoms with Crippen LogP contribution < -0.4 is 0 Å². The maximum atomic E-state index is 12.8. The predicted octanol–water partition coefficient (Wildman–Crippen LogP) is 17.4. The third-order valence-electron chi connectivity index (χ3n) is 11.3. The topological polar surface area (TPSA) is 78.9 Å². The summed E-state index contributed by atoms with van der Waals surface area (Å²) in [5.41, 5.74) is 0. The molecule has 0 heterocycles. The highest BCUT2D eigenvalue weighted by Gasteiger charge is 2.19. The fraction of sp³-hybridized carbons (Fsp3) is 0.737. The van der Waals surface area contributed by atoms with Crippen molar-refractivity contribution in [2.45, 2.75) is 258 Å². The van der Waals surface area contributed by atoms with E-state index < -0.39 is 6.10 Å². The van der Waals surface area contributed by atoms with Gasteiger partial charge in [-0.25, -0.2) is 0 Å². The van der Waals surface area contributed by atoms with Gasteiger partial charge in [0, 0.05) is 19.3 Å². The van der Waals surface area contributed by atoms with Gasteiger partial charge in [-0.15, -0.1) is 0 Å². The molecule has 0 aliphatic heterocycles. The van der Waals surface area contributed by atoms with Gasteiger partial charge in [-0.3, -0.25) is 14.4 Å². The first-order valence-electron chi connectivity index (χ1n) is 26.5. The van der Waals surface area contributed by atoms with Gasteiger partial charge in [0.15, 0.2) is 6.10 Å². The average Bonchev–Trinajstić information content (AvgIpc) is 3.28. The summed E-state index contributed by atoms with van der Waals surface area (Å²) in [6.07, 6.45) is 64.6. The number of esters is 3. The highest BCUT2D eigenvalue weighted by molar-refractivity contribution is 5.71. The van der Waals surface area contributed by atoms with Crippen LogP contribution in [0, 0.1) is 0 Å². The van der Waals surface area contributed by atoms with E-state index in [4.69, 9.17) is 14.2 Å². The summed E-state index contributed by atoms with van der Waals surface area (Å²) in [4.78, 5) is 38.0. The molecular weight excluding hydrogens is 781 g/mol. The molecule has 1 unspecified atom stereocenters. The zero-order valence-electron chi connectivity index (χ0n) is 41.3. The van der Waals surface area contributed by atoms with E-state index in [2.05, 4.69) is 93.7 Å². The molecule has 1 atom stereocenters. The van der Waals surface area contributed by atoms with Gasteiger partial charge in [-0.05, 0) is 89.9 Å². The van der Waals surface area contributed by atoms with Gasteiger partial charge in [0.25, 0.3) is 0 Å². The van der Waals surface area contributed by atoms with E-state index in [1.54, 1.807) is 0 Å². The van der Waals surface area contributed by atoms with Crippen molar-refractivity contribution in [2.24, 2.45) is 0 Å². The van der Waals surface area contributed by atoms with Crippen molar-refractivity contribution in [2.75, 3.05) is 13.2 Å². The van der Waals surface area contributed by atoms with Crippen LogP contribution in [0.1, 0.15) is 252 Å². The molecule has 0 aliphatic carbocycles. The Morgan fingerprint density at radius 1 is 0.333 bits per heavy atom. The molecule has 6 nitrogen and oxygen atoms in total. The van der Waals surface area contributed by atoms with E-state index in [1.165, 1.54) is 96.3 Å². The van der Waals surface area contributed by atoms with Crippen LogP contribution in [-0.4, -0.2) is 37.2 Å². The third kappa shape index (κ3) is 49.7. The van der Waals surface area contributed by atoms with Crippen LogP contribution in [0.2, 0.25) is 0 Å². The van der Waals surface area contributed by atoms with E-state index in [-0.39, 0.29) is 31.1 Å². The Kier molecular flexibility index (Phi) is 48.9. The lowest BCUT2D eigenvalue weighted by molar-refractivity contribution is -0.167. The van der Waals surface area contributed by atoms with Crippen LogP contribution in [0.15, 0.2) is 72.9 Å². The molecule has 0 rings (SSSR count). The van der Waals surface area contributed by atoms with E-state index in [1.807, 2.05) is 0 Å². The van der Waals surface area contributed by atoms with Gasteiger partial charge >= 0.3 is 17.9 Å². The van der Waals surface area contributed by atoms with Crippen molar-refractivity contribution in [1.29, 1.82) is 0 Å². The van der Waals surface area contributed by atoms with Crippen molar-refractivity contribution in [3.63, 3.8) is 0 Å². The number of hydrogen-bond donors (Lipinski definition) is 0. The molecule has 63 heavy (non-hydrogen) atoms. The van der Waals surface area contributed by atoms with Gasteiger partial charge in [0.1, 0.15) is 13.2 Å². The summed E-state index contributed by atoms with van der Waals surface area (Å²) in [5, 5.41) is 0. The average molecular weight is 879 g/mol. The lowest BCUT2D eigenvalue weighted by Crippen LogP contribution is -2.30. The van der Waals surface area contributed by atoms with Crippen LogP contribution >= 0.6 is 0 Å². The first-order valence-corrected chi connectivity index (χ1v) is 26.5. The fourth-order valence-electron chi connectivity index (χ4n) is 7.25. The molecule has 0 saturated heterocycles. The number of carbonyl (C=O) groups is 3. The van der Waals surface area contributed by atoms with E-state index in [0.29, 0.717) is 19.3 Å². The third-order valence-corrected chi connectivity index (χ3v) is 11.3. The summed E-state index contributed by atoms with van der Waals surface area (Å²) in [6, 6.07) is 0. The second-order valence-corrected chi connectivity index (χ2v) is 17.5. The smallest absolute Gasteiger partial charge is 0.306 e. The highest BCUT2D eigenvalue weighted by Crippen LogP contribution is 2.14. The van der Waals surface area contributed by atoms with Gasteiger partial charge in [-0.1, -0.05) is 216 Å². The van der Waals surface area contributed by atoms with Gasteiger partial charge in [0.05, 0.1) is 0 Å². The molecule has 0 N–H and O–H groups in total. The molecule has 0 aliphatic rings. The zero-order chi connectivity index (χ0) is 45.8. The summed E-state index contributed by atoms with van der Waals surface area (Å²) in [7, 11) is 0. The molecule has 0 amide bonds. The van der Waals surface area contributed by atoms with Gasteiger partial charge in [0.2, 0.25) is 0 Å². The Morgan fingerprint density at radius 2 is 0.635 bits per heavy atom. The van der Waals surface area contributed by atoms with E-state index in [0.717, 1.165) is 116 Å². The molecule has 0 radical (unpaired) electrons. The fourth-order valence-corrected chi connectivity index (χ4v) is 7.25. The van der Waals surface area contributed by atoms with Gasteiger partial charge < -0.3 is 14.2 Å². The molecule has 6 heteroatoms. The standard InChI is InChI=1S/C57H98O6/c1-4-7-10-13-16-19-22-25-27-28-29-30-33-35-38-41-44-47-50-56(59)62-53-54(52-61-55(58)49-46-43-40-37-34-31-24-21-18-15-12-9-6-3)63-57(60)51-48-45-42-39-36-32-26-23-20-17-14-11-8-5-2/h9,12,15,18,21,24,27-30,32,36,54H,4-8,10-11,13-14,16-17,19-20,22-23,25-26,31,33-35,37-53H2,1-3H3/b12-9-,18-15-,24-21-,28-27-,30-29-,36-32-. The number of hydrogen-bond acceptors (Lipinski definition) is 6. The van der Waals surface area contributed by atoms with Crippen LogP contribution in [0.3, 0.4) is 0 Å². The maximum absolute atomic E-state index is 12.8. The molecule has 0 aromatic heterocycles. The predicted molar refractivity (Wildman–Crippen MR) is 270 cm³/mol. The van der Waals surface area contributed by atoms with Crippen molar-refractivity contribution in [3.8, 4) is 0 Å². The summed E-state index contributed by atoms with van der Waals surface area (Å²) < 4.78 is 16.8. The van der Waals surface area contributed by atoms with Crippen molar-refractivity contribution < 1.29 is 28.6 Å². The lowest BCUT2D eigenvalue weighted by Gasteiger charge is -2.18. The second-order valence-electron chi connectivity index (χ2n) is 17.5. The zero-order valence-corrected chi connectivity index (χ0v) is 41.3. The Balaban J connectivity index is 4.44. The number of rotatable bonds is 47. The molecule has 0 aromatic carbocycles. The molecule has 362 valence electrons. The SMILES string of the molecule is CC\C=C/C=C\C=C/CCCCCCCC(=O)OCC(COC(=O)CCCCCCC/C=C\C=C/CCCCCCCCC)OC(=O)CCCCC/C=C\CCCCCCCCC. The van der Waals surface area contributed by atoms with Crippen molar-refractivity contribution in [3.05, 3.63) is 72.9 Å². The summed E-state index contributed by atoms with van der Waals surface area (Å²) in [5.74, 6) is -0.945. The Labute approximate surface area is 389 Å². The van der Waals surface area contributed by atoms with Crippen LogP contribution in [0.25, 0.3) is 0 Å². The normalized spacial score (nSPS) is 12.6. The van der Waals surface area contributed by atoms with E-state index >= 15 is 0 Å². The highest BCUT2D eigenvalue weighted by atomic mass is 16.6. The first-order chi connectivity index (χ1) is 31.0.